The summed E-state index contributed by atoms with van der Waals surface area (Å²) >= 11 is 11.4. The zero-order chi connectivity index (χ0) is 26.6. The van der Waals surface area contributed by atoms with Crippen molar-refractivity contribution in [2.75, 3.05) is 6.61 Å². The van der Waals surface area contributed by atoms with E-state index in [0.29, 0.717) is 5.56 Å². The lowest BCUT2D eigenvalue weighted by molar-refractivity contribution is -0.149. The van der Waals surface area contributed by atoms with Crippen LogP contribution in [0, 0.1) is 11.6 Å². The third-order valence-corrected chi connectivity index (χ3v) is 7.69. The number of aliphatic hydroxyl groups excluding tert-OH is 1. The Morgan fingerprint density at radius 3 is 2.64 bits per heavy atom. The molecule has 11 nitrogen and oxygen atoms in total. The van der Waals surface area contributed by atoms with E-state index in [9.17, 15) is 19.3 Å². The molecule has 0 radical (unpaired) electrons. The molecule has 0 spiro atoms. The molecule has 3 N–H and O–H groups in total. The van der Waals surface area contributed by atoms with E-state index in [-0.39, 0.29) is 16.5 Å². The summed E-state index contributed by atoms with van der Waals surface area (Å²) in [5.41, 5.74) is 0.0470. The van der Waals surface area contributed by atoms with Gasteiger partial charge in [-0.25, -0.2) is 9.36 Å². The van der Waals surface area contributed by atoms with Gasteiger partial charge in [0, 0.05) is 11.8 Å². The van der Waals surface area contributed by atoms with Crippen LogP contribution < -0.4 is 15.3 Å². The Hall–Kier alpha value is -2.05. The van der Waals surface area contributed by atoms with E-state index >= 15 is 0 Å². The van der Waals surface area contributed by atoms with E-state index in [0.717, 1.165) is 0 Å². The topological polar surface area (TPSA) is 141 Å². The van der Waals surface area contributed by atoms with Gasteiger partial charge in [0.15, 0.2) is 6.23 Å². The van der Waals surface area contributed by atoms with Crippen LogP contribution >= 0.6 is 31.6 Å². The largest absolute Gasteiger partial charge is 0.462 e. The van der Waals surface area contributed by atoms with Gasteiger partial charge in [0.2, 0.25) is 0 Å². The Balaban J connectivity index is 1.77. The first-order valence-electron chi connectivity index (χ1n) is 11.2. The van der Waals surface area contributed by atoms with Gasteiger partial charge in [0.1, 0.15) is 34.0 Å². The third-order valence-electron chi connectivity index (χ3n) is 5.15. The smallest absolute Gasteiger partial charge is 0.459 e. The number of alkyl halides is 1. The first kappa shape index (κ1) is 28.5. The van der Waals surface area contributed by atoms with Crippen LogP contribution in [-0.4, -0.2) is 57.0 Å². The fourth-order valence-corrected chi connectivity index (χ4v) is 5.33. The average molecular weight is 562 g/mol. The molecule has 6 atom stereocenters. The fourth-order valence-electron chi connectivity index (χ4n) is 3.35. The van der Waals surface area contributed by atoms with Crippen LogP contribution in [0.5, 0.6) is 5.75 Å². The number of esters is 1. The summed E-state index contributed by atoms with van der Waals surface area (Å²) in [7, 11) is -4.18. The van der Waals surface area contributed by atoms with Crippen molar-refractivity contribution >= 4 is 37.5 Å². The van der Waals surface area contributed by atoms with Gasteiger partial charge in [-0.15, -0.1) is 11.6 Å². The maximum Gasteiger partial charge on any atom is 0.459 e. The quantitative estimate of drug-likeness (QED) is 0.171. The van der Waals surface area contributed by atoms with Crippen molar-refractivity contribution in [2.24, 2.45) is 0 Å². The Labute approximate surface area is 218 Å². The number of aromatic nitrogens is 2. The van der Waals surface area contributed by atoms with Gasteiger partial charge >= 0.3 is 19.4 Å². The molecule has 3 rings (SSSR count). The van der Waals surface area contributed by atoms with Gasteiger partial charge in [-0.05, 0) is 39.8 Å². The molecule has 1 fully saturated rings. The van der Waals surface area contributed by atoms with Crippen LogP contribution in [0.3, 0.4) is 0 Å². The van der Waals surface area contributed by atoms with Crippen molar-refractivity contribution in [3.05, 3.63) is 57.2 Å². The van der Waals surface area contributed by atoms with Crippen molar-refractivity contribution in [3.63, 3.8) is 0 Å². The third kappa shape index (κ3) is 7.04. The molecule has 1 aliphatic rings. The minimum atomic E-state index is -4.18. The zero-order valence-electron chi connectivity index (χ0n) is 20.1. The molecule has 0 bridgehead atoms. The molecule has 2 aromatic rings. The van der Waals surface area contributed by atoms with Gasteiger partial charge in [0.25, 0.3) is 0 Å². The molecule has 36 heavy (non-hydrogen) atoms. The first-order chi connectivity index (χ1) is 16.9. The number of hydrogen-bond donors (Lipinski definition) is 3. The SMILES string of the molecule is Cc1cn([C@H]2O[C@@H](CO[P@@](=O)(N[C@@H](C)C(=O)OC(C)C)Oc3ccccc3)C(O)[C@H]2Cl)c(=O)[nH]c1=S. The van der Waals surface area contributed by atoms with Crippen LogP contribution in [0.2, 0.25) is 0 Å². The number of halogens is 1. The van der Waals surface area contributed by atoms with E-state index in [1.54, 1.807) is 51.1 Å². The Kier molecular flexibility index (Phi) is 9.50. The summed E-state index contributed by atoms with van der Waals surface area (Å²) in [6.45, 7) is 6.10. The van der Waals surface area contributed by atoms with Crippen LogP contribution in [-0.2, 0) is 23.4 Å². The molecule has 198 valence electrons. The van der Waals surface area contributed by atoms with Gasteiger partial charge in [-0.2, -0.15) is 5.09 Å². The van der Waals surface area contributed by atoms with Gasteiger partial charge in [-0.1, -0.05) is 30.4 Å². The second-order valence-electron chi connectivity index (χ2n) is 8.51. The number of aryl methyl sites for hydroxylation is 1. The predicted octanol–water partition coefficient (Wildman–Crippen LogP) is 3.21. The molecule has 1 saturated heterocycles. The first-order valence-corrected chi connectivity index (χ1v) is 13.6. The van der Waals surface area contributed by atoms with E-state index in [1.807, 2.05) is 0 Å². The summed E-state index contributed by atoms with van der Waals surface area (Å²) in [6.07, 6.45) is -2.29. The van der Waals surface area contributed by atoms with E-state index in [1.165, 1.54) is 17.7 Å². The number of rotatable bonds is 10. The lowest BCUT2D eigenvalue weighted by Gasteiger charge is -2.25. The number of ether oxygens (including phenoxy) is 2. The molecule has 0 amide bonds. The minimum Gasteiger partial charge on any atom is -0.462 e. The second kappa shape index (κ2) is 12.0. The van der Waals surface area contributed by atoms with E-state index in [4.69, 9.17) is 42.3 Å². The van der Waals surface area contributed by atoms with Crippen molar-refractivity contribution in [3.8, 4) is 5.75 Å². The Bertz CT molecular complexity index is 1220. The molecule has 0 saturated carbocycles. The summed E-state index contributed by atoms with van der Waals surface area (Å²) in [5.74, 6) is -0.431. The van der Waals surface area contributed by atoms with Crippen LogP contribution in [0.1, 0.15) is 32.6 Å². The van der Waals surface area contributed by atoms with E-state index < -0.39 is 55.9 Å². The molecule has 1 aromatic carbocycles. The standard InChI is InChI=1S/C22H29ClN3O8PS/c1-12(2)32-21(28)14(4)25-35(30,34-15-8-6-5-7-9-15)31-11-16-18(27)17(23)20(33-16)26-10-13(3)19(36)24-22(26)29/h5-10,12,14,16-18,20,27H,11H2,1-4H3,(H,25,30)(H,24,29,36)/t14-,16-,17+,18?,20-,35-/m0/s1. The lowest BCUT2D eigenvalue weighted by atomic mass is 10.2. The Morgan fingerprint density at radius 2 is 2.00 bits per heavy atom. The Morgan fingerprint density at radius 1 is 1.33 bits per heavy atom. The second-order valence-corrected chi connectivity index (χ2v) is 11.1. The fraction of sp³-hybridized carbons (Fsp3) is 0.500. The number of aliphatic hydroxyl groups is 1. The number of nitrogens with one attached hydrogen (secondary N) is 2. The summed E-state index contributed by atoms with van der Waals surface area (Å²) < 4.78 is 37.2. The average Bonchev–Trinajstić information content (AvgIpc) is 3.08. The number of para-hydroxylation sites is 1. The van der Waals surface area contributed by atoms with Crippen LogP contribution in [0.15, 0.2) is 41.3 Å². The summed E-state index contributed by atoms with van der Waals surface area (Å²) in [6, 6.07) is 7.18. The van der Waals surface area contributed by atoms with Crippen molar-refractivity contribution in [2.45, 2.75) is 63.7 Å². The zero-order valence-corrected chi connectivity index (χ0v) is 22.6. The molecule has 1 aromatic heterocycles. The predicted molar refractivity (Wildman–Crippen MR) is 135 cm³/mol. The molecule has 1 unspecified atom stereocenters. The molecule has 2 heterocycles. The maximum atomic E-state index is 13.6. The van der Waals surface area contributed by atoms with Crippen molar-refractivity contribution in [1.82, 2.24) is 14.6 Å². The lowest BCUT2D eigenvalue weighted by Crippen LogP contribution is -2.37. The van der Waals surface area contributed by atoms with E-state index in [2.05, 4.69) is 10.1 Å². The molecular formula is C22H29ClN3O8PS. The monoisotopic (exact) mass is 561 g/mol. The highest BCUT2D eigenvalue weighted by Crippen LogP contribution is 2.46. The van der Waals surface area contributed by atoms with Gasteiger partial charge in [-0.3, -0.25) is 18.9 Å². The number of benzene rings is 1. The van der Waals surface area contributed by atoms with Crippen molar-refractivity contribution in [1.29, 1.82) is 0 Å². The maximum absolute atomic E-state index is 13.6. The number of carbonyl (C=O) groups excluding carboxylic acids is 1. The molecule has 1 aliphatic heterocycles. The molecule has 14 heteroatoms. The van der Waals surface area contributed by atoms with Crippen LogP contribution in [0.4, 0.5) is 0 Å². The van der Waals surface area contributed by atoms with Crippen molar-refractivity contribution < 1.29 is 33.0 Å². The van der Waals surface area contributed by atoms with Crippen LogP contribution in [0.25, 0.3) is 0 Å². The normalized spacial score (nSPS) is 24.3. The molecule has 0 aliphatic carbocycles. The number of nitrogens with zero attached hydrogens (tertiary/aromatic N) is 1. The summed E-state index contributed by atoms with van der Waals surface area (Å²) in [5, 5.41) is 12.2. The van der Waals surface area contributed by atoms with Gasteiger partial charge < -0.3 is 19.1 Å². The molecular weight excluding hydrogens is 533 g/mol. The highest BCUT2D eigenvalue weighted by molar-refractivity contribution is 7.71. The minimum absolute atomic E-state index is 0.223. The highest BCUT2D eigenvalue weighted by Gasteiger charge is 2.45. The summed E-state index contributed by atoms with van der Waals surface area (Å²) in [4.78, 5) is 27.2. The number of H-pyrrole nitrogens is 1. The number of hydrogen-bond acceptors (Lipinski definition) is 9. The number of aromatic amines is 1. The highest BCUT2D eigenvalue weighted by atomic mass is 35.5. The van der Waals surface area contributed by atoms with Gasteiger partial charge in [0.05, 0.1) is 12.7 Å². The number of carbonyl (C=O) groups is 1.